The molecule has 0 radical (unpaired) electrons. The lowest BCUT2D eigenvalue weighted by atomic mass is 9.80. The first-order valence-corrected chi connectivity index (χ1v) is 6.49. The van der Waals surface area contributed by atoms with E-state index in [2.05, 4.69) is 17.1 Å². The zero-order chi connectivity index (χ0) is 11.4. The fourth-order valence-corrected chi connectivity index (χ4v) is 2.42. The van der Waals surface area contributed by atoms with Crippen LogP contribution in [0, 0.1) is 0 Å². The van der Waals surface area contributed by atoms with E-state index in [-0.39, 0.29) is 6.10 Å². The number of ether oxygens (including phenoxy) is 1. The van der Waals surface area contributed by atoms with Crippen LogP contribution in [0.1, 0.15) is 26.2 Å². The molecule has 4 nitrogen and oxygen atoms in total. The zero-order valence-corrected chi connectivity index (χ0v) is 10.2. The highest BCUT2D eigenvalue weighted by atomic mass is 16.5. The molecule has 16 heavy (non-hydrogen) atoms. The molecule has 1 aliphatic carbocycles. The van der Waals surface area contributed by atoms with Crippen LogP contribution >= 0.6 is 0 Å². The molecule has 1 unspecified atom stereocenters. The van der Waals surface area contributed by atoms with E-state index in [9.17, 15) is 5.11 Å². The molecule has 0 aromatic rings. The minimum absolute atomic E-state index is 0.289. The van der Waals surface area contributed by atoms with Gasteiger partial charge in [-0.15, -0.1) is 0 Å². The molecule has 0 amide bonds. The number of likely N-dealkylation sites (N-methyl/N-ethyl adjacent to an activating group) is 1. The van der Waals surface area contributed by atoms with Gasteiger partial charge < -0.3 is 15.2 Å². The summed E-state index contributed by atoms with van der Waals surface area (Å²) in [5.41, 5.74) is -0.418. The Bertz CT molecular complexity index is 219. The molecular weight excluding hydrogens is 204 g/mol. The summed E-state index contributed by atoms with van der Waals surface area (Å²) in [6, 6.07) is 0. The third kappa shape index (κ3) is 3.17. The van der Waals surface area contributed by atoms with Crippen LogP contribution in [0.25, 0.3) is 0 Å². The van der Waals surface area contributed by atoms with Crippen molar-refractivity contribution in [3.8, 4) is 0 Å². The van der Waals surface area contributed by atoms with E-state index in [1.165, 1.54) is 6.42 Å². The number of morpholine rings is 1. The number of rotatable bonds is 5. The number of aliphatic hydroxyl groups is 1. The molecule has 0 spiro atoms. The van der Waals surface area contributed by atoms with Crippen molar-refractivity contribution in [1.29, 1.82) is 0 Å². The lowest BCUT2D eigenvalue weighted by Crippen LogP contribution is -2.51. The van der Waals surface area contributed by atoms with Crippen molar-refractivity contribution >= 4 is 0 Å². The topological polar surface area (TPSA) is 44.7 Å². The van der Waals surface area contributed by atoms with Gasteiger partial charge in [0, 0.05) is 26.2 Å². The van der Waals surface area contributed by atoms with Crippen molar-refractivity contribution in [3.05, 3.63) is 0 Å². The molecule has 2 fully saturated rings. The van der Waals surface area contributed by atoms with Crippen LogP contribution in [-0.4, -0.2) is 61.0 Å². The smallest absolute Gasteiger partial charge is 0.0826 e. The second-order valence-electron chi connectivity index (χ2n) is 5.09. The lowest BCUT2D eigenvalue weighted by Gasteiger charge is -2.38. The highest BCUT2D eigenvalue weighted by Gasteiger charge is 2.34. The lowest BCUT2D eigenvalue weighted by molar-refractivity contribution is -0.0455. The van der Waals surface area contributed by atoms with Gasteiger partial charge in [0.1, 0.15) is 0 Å². The van der Waals surface area contributed by atoms with Crippen molar-refractivity contribution in [3.63, 3.8) is 0 Å². The maximum absolute atomic E-state index is 9.92. The highest BCUT2D eigenvalue weighted by Crippen LogP contribution is 2.30. The van der Waals surface area contributed by atoms with E-state index in [1.807, 2.05) is 0 Å². The Balaban J connectivity index is 1.61. The van der Waals surface area contributed by atoms with Gasteiger partial charge in [0.2, 0.25) is 0 Å². The molecule has 1 atom stereocenters. The Kier molecular flexibility index (Phi) is 4.19. The van der Waals surface area contributed by atoms with E-state index in [0.29, 0.717) is 0 Å². The van der Waals surface area contributed by atoms with E-state index in [0.717, 1.165) is 52.2 Å². The van der Waals surface area contributed by atoms with Gasteiger partial charge in [-0.3, -0.25) is 4.90 Å². The standard InChI is InChI=1S/C12H24N2O2/c1-2-14-6-7-16-11(9-14)8-13-10-12(15)4-3-5-12/h11,13,15H,2-10H2,1H3. The van der Waals surface area contributed by atoms with E-state index in [1.54, 1.807) is 0 Å². The molecule has 2 aliphatic rings. The van der Waals surface area contributed by atoms with Crippen molar-refractivity contribution in [2.24, 2.45) is 0 Å². The molecule has 1 heterocycles. The Morgan fingerprint density at radius 3 is 2.94 bits per heavy atom. The first-order valence-electron chi connectivity index (χ1n) is 6.49. The number of hydrogen-bond donors (Lipinski definition) is 2. The summed E-state index contributed by atoms with van der Waals surface area (Å²) < 4.78 is 5.69. The second kappa shape index (κ2) is 5.45. The molecule has 2 N–H and O–H groups in total. The van der Waals surface area contributed by atoms with Crippen LogP contribution in [0.2, 0.25) is 0 Å². The van der Waals surface area contributed by atoms with E-state index >= 15 is 0 Å². The summed E-state index contributed by atoms with van der Waals surface area (Å²) >= 11 is 0. The van der Waals surface area contributed by atoms with Gasteiger partial charge in [0.15, 0.2) is 0 Å². The molecule has 1 saturated heterocycles. The van der Waals surface area contributed by atoms with Crippen LogP contribution < -0.4 is 5.32 Å². The van der Waals surface area contributed by atoms with Gasteiger partial charge in [0.25, 0.3) is 0 Å². The van der Waals surface area contributed by atoms with Crippen LogP contribution in [0.3, 0.4) is 0 Å². The van der Waals surface area contributed by atoms with Gasteiger partial charge in [0.05, 0.1) is 18.3 Å². The minimum atomic E-state index is -0.418. The van der Waals surface area contributed by atoms with Gasteiger partial charge in [-0.2, -0.15) is 0 Å². The van der Waals surface area contributed by atoms with Crippen molar-refractivity contribution in [1.82, 2.24) is 10.2 Å². The maximum atomic E-state index is 9.92. The number of nitrogens with one attached hydrogen (secondary N) is 1. The molecule has 0 aromatic heterocycles. The van der Waals surface area contributed by atoms with Crippen molar-refractivity contribution in [2.75, 3.05) is 39.3 Å². The molecule has 0 aromatic carbocycles. The molecule has 1 saturated carbocycles. The van der Waals surface area contributed by atoms with Gasteiger partial charge in [-0.1, -0.05) is 6.92 Å². The quantitative estimate of drug-likeness (QED) is 0.706. The van der Waals surface area contributed by atoms with E-state index in [4.69, 9.17) is 4.74 Å². The minimum Gasteiger partial charge on any atom is -0.389 e. The van der Waals surface area contributed by atoms with Crippen LogP contribution in [-0.2, 0) is 4.74 Å². The van der Waals surface area contributed by atoms with Gasteiger partial charge in [-0.05, 0) is 25.8 Å². The zero-order valence-electron chi connectivity index (χ0n) is 10.2. The normalized spacial score (nSPS) is 30.0. The molecule has 4 heteroatoms. The summed E-state index contributed by atoms with van der Waals surface area (Å²) in [4.78, 5) is 2.41. The second-order valence-corrected chi connectivity index (χ2v) is 5.09. The molecule has 94 valence electrons. The first-order chi connectivity index (χ1) is 7.72. The van der Waals surface area contributed by atoms with Crippen LogP contribution in [0.5, 0.6) is 0 Å². The largest absolute Gasteiger partial charge is 0.389 e. The van der Waals surface area contributed by atoms with Crippen molar-refractivity contribution in [2.45, 2.75) is 37.9 Å². The Hall–Kier alpha value is -0.160. The van der Waals surface area contributed by atoms with Crippen LogP contribution in [0.4, 0.5) is 0 Å². The Morgan fingerprint density at radius 1 is 1.50 bits per heavy atom. The fraction of sp³-hybridized carbons (Fsp3) is 1.00. The van der Waals surface area contributed by atoms with Gasteiger partial charge >= 0.3 is 0 Å². The maximum Gasteiger partial charge on any atom is 0.0826 e. The van der Waals surface area contributed by atoms with E-state index < -0.39 is 5.60 Å². The van der Waals surface area contributed by atoms with Gasteiger partial charge in [-0.25, -0.2) is 0 Å². The number of nitrogens with zero attached hydrogens (tertiary/aromatic N) is 1. The molecule has 2 rings (SSSR count). The van der Waals surface area contributed by atoms with Crippen molar-refractivity contribution < 1.29 is 9.84 Å². The summed E-state index contributed by atoms with van der Waals surface area (Å²) in [5.74, 6) is 0. The number of hydrogen-bond acceptors (Lipinski definition) is 4. The average Bonchev–Trinajstić information content (AvgIpc) is 2.27. The summed E-state index contributed by atoms with van der Waals surface area (Å²) in [6.45, 7) is 7.78. The predicted octanol–water partition coefficient (Wildman–Crippen LogP) is 0.212. The summed E-state index contributed by atoms with van der Waals surface area (Å²) in [7, 11) is 0. The third-order valence-corrected chi connectivity index (χ3v) is 3.78. The molecule has 0 bridgehead atoms. The first kappa shape index (κ1) is 12.3. The Labute approximate surface area is 98.0 Å². The Morgan fingerprint density at radius 2 is 2.31 bits per heavy atom. The van der Waals surface area contributed by atoms with Crippen LogP contribution in [0.15, 0.2) is 0 Å². The average molecular weight is 228 g/mol. The summed E-state index contributed by atoms with van der Waals surface area (Å²) in [6.07, 6.45) is 3.36. The summed E-state index contributed by atoms with van der Waals surface area (Å²) in [5, 5.41) is 13.3. The fourth-order valence-electron chi connectivity index (χ4n) is 2.42. The molecular formula is C12H24N2O2. The highest BCUT2D eigenvalue weighted by molar-refractivity contribution is 4.89. The molecule has 1 aliphatic heterocycles. The third-order valence-electron chi connectivity index (χ3n) is 3.78. The SMILES string of the molecule is CCN1CCOC(CNCC2(O)CCC2)C1. The monoisotopic (exact) mass is 228 g/mol. The predicted molar refractivity (Wildman–Crippen MR) is 63.5 cm³/mol.